The van der Waals surface area contributed by atoms with Gasteiger partial charge in [0.05, 0.1) is 0 Å². The van der Waals surface area contributed by atoms with Gasteiger partial charge in [0.1, 0.15) is 18.2 Å². The number of nitrogens with two attached hydrogens (primary N) is 1. The maximum absolute atomic E-state index is 5.73. The van der Waals surface area contributed by atoms with Crippen LogP contribution in [-0.2, 0) is 6.61 Å². The van der Waals surface area contributed by atoms with Gasteiger partial charge in [-0.1, -0.05) is 48.0 Å². The molecule has 2 rings (SSSR count). The highest BCUT2D eigenvalue weighted by Crippen LogP contribution is 2.21. The molecule has 0 amide bonds. The zero-order valence-corrected chi connectivity index (χ0v) is 13.0. The zero-order chi connectivity index (χ0) is 14.5. The Morgan fingerprint density at radius 2 is 2.05 bits per heavy atom. The van der Waals surface area contributed by atoms with Crippen LogP contribution in [0.1, 0.15) is 31.2 Å². The highest BCUT2D eigenvalue weighted by atomic mass is 79.9. The molecule has 0 saturated carbocycles. The maximum atomic E-state index is 5.73. The molecule has 0 spiro atoms. The number of anilines is 1. The highest BCUT2D eigenvalue weighted by molar-refractivity contribution is 9.10. The first-order chi connectivity index (χ1) is 9.60. The largest absolute Gasteiger partial charge is 0.473 e. The van der Waals surface area contributed by atoms with E-state index in [1.54, 1.807) is 6.07 Å². The molecule has 0 fully saturated rings. The molecule has 0 saturated heterocycles. The molecule has 0 aliphatic rings. The van der Waals surface area contributed by atoms with Crippen molar-refractivity contribution in [1.82, 2.24) is 9.97 Å². The van der Waals surface area contributed by atoms with E-state index in [-0.39, 0.29) is 5.92 Å². The van der Waals surface area contributed by atoms with E-state index in [1.807, 2.05) is 38.1 Å². The second-order valence-corrected chi connectivity index (χ2v) is 5.48. The van der Waals surface area contributed by atoms with Crippen molar-refractivity contribution < 1.29 is 4.74 Å². The van der Waals surface area contributed by atoms with E-state index in [1.165, 1.54) is 0 Å². The monoisotopic (exact) mass is 336 g/mol. The molecule has 0 aliphatic heterocycles. The molecule has 0 bridgehead atoms. The number of aromatic nitrogens is 2. The summed E-state index contributed by atoms with van der Waals surface area (Å²) in [6.45, 7) is 4.47. The van der Waals surface area contributed by atoms with Gasteiger partial charge in [0, 0.05) is 22.0 Å². The molecule has 0 unspecified atom stereocenters. The van der Waals surface area contributed by atoms with Gasteiger partial charge in [-0.05, 0) is 6.07 Å². The van der Waals surface area contributed by atoms with Crippen LogP contribution < -0.4 is 16.0 Å². The lowest BCUT2D eigenvalue weighted by Gasteiger charge is -2.11. The molecule has 106 valence electrons. The summed E-state index contributed by atoms with van der Waals surface area (Å²) in [5, 5.41) is 0. The topological polar surface area (TPSA) is 73.1 Å². The summed E-state index contributed by atoms with van der Waals surface area (Å²) in [6.07, 6.45) is 0. The van der Waals surface area contributed by atoms with E-state index in [4.69, 9.17) is 10.6 Å². The molecule has 5 nitrogen and oxygen atoms in total. The maximum Gasteiger partial charge on any atom is 0.219 e. The Kier molecular flexibility index (Phi) is 4.92. The fourth-order valence-corrected chi connectivity index (χ4v) is 2.02. The summed E-state index contributed by atoms with van der Waals surface area (Å²) >= 11 is 3.49. The number of rotatable bonds is 5. The Labute approximate surface area is 126 Å². The van der Waals surface area contributed by atoms with Crippen molar-refractivity contribution in [1.29, 1.82) is 0 Å². The Balaban J connectivity index is 2.17. The Morgan fingerprint density at radius 1 is 1.30 bits per heavy atom. The van der Waals surface area contributed by atoms with Gasteiger partial charge < -0.3 is 10.2 Å². The molecule has 3 N–H and O–H groups in total. The van der Waals surface area contributed by atoms with Crippen molar-refractivity contribution in [3.63, 3.8) is 0 Å². The SMILES string of the molecule is CC(C)c1nc(NN)cc(OCc2ccccc2Br)n1. The van der Waals surface area contributed by atoms with Crippen molar-refractivity contribution >= 4 is 21.7 Å². The van der Waals surface area contributed by atoms with Gasteiger partial charge in [-0.3, -0.25) is 0 Å². The van der Waals surface area contributed by atoms with E-state index in [0.717, 1.165) is 10.0 Å². The molecule has 1 heterocycles. The Hall–Kier alpha value is -1.66. The van der Waals surface area contributed by atoms with Crippen molar-refractivity contribution in [2.45, 2.75) is 26.4 Å². The van der Waals surface area contributed by atoms with Gasteiger partial charge in [0.15, 0.2) is 0 Å². The van der Waals surface area contributed by atoms with Gasteiger partial charge in [0.2, 0.25) is 5.88 Å². The average Bonchev–Trinajstić information content (AvgIpc) is 2.46. The van der Waals surface area contributed by atoms with Gasteiger partial charge in [-0.2, -0.15) is 4.98 Å². The van der Waals surface area contributed by atoms with Crippen LogP contribution in [0.2, 0.25) is 0 Å². The fraction of sp³-hybridized carbons (Fsp3) is 0.286. The lowest BCUT2D eigenvalue weighted by atomic mass is 10.2. The van der Waals surface area contributed by atoms with Crippen molar-refractivity contribution in [3.8, 4) is 5.88 Å². The van der Waals surface area contributed by atoms with Gasteiger partial charge in [-0.15, -0.1) is 0 Å². The first kappa shape index (κ1) is 14.7. The molecule has 20 heavy (non-hydrogen) atoms. The quantitative estimate of drug-likeness (QED) is 0.647. The second kappa shape index (κ2) is 6.67. The molecule has 0 atom stereocenters. The number of hydrogen-bond donors (Lipinski definition) is 2. The first-order valence-corrected chi connectivity index (χ1v) is 7.11. The minimum absolute atomic E-state index is 0.203. The number of ether oxygens (including phenoxy) is 1. The summed E-state index contributed by atoms with van der Waals surface area (Å²) in [6, 6.07) is 9.59. The minimum Gasteiger partial charge on any atom is -0.473 e. The van der Waals surface area contributed by atoms with E-state index >= 15 is 0 Å². The predicted molar refractivity (Wildman–Crippen MR) is 82.4 cm³/mol. The molecule has 0 radical (unpaired) electrons. The van der Waals surface area contributed by atoms with Crippen molar-refractivity contribution in [2.75, 3.05) is 5.43 Å². The summed E-state index contributed by atoms with van der Waals surface area (Å²) in [4.78, 5) is 8.67. The van der Waals surface area contributed by atoms with Gasteiger partial charge in [-0.25, -0.2) is 10.8 Å². The highest BCUT2D eigenvalue weighted by Gasteiger charge is 2.09. The first-order valence-electron chi connectivity index (χ1n) is 6.32. The molecular formula is C14H17BrN4O. The third kappa shape index (κ3) is 3.68. The molecule has 2 aromatic rings. The van der Waals surface area contributed by atoms with Crippen LogP contribution in [0.3, 0.4) is 0 Å². The average molecular weight is 337 g/mol. The smallest absolute Gasteiger partial charge is 0.219 e. The Morgan fingerprint density at radius 3 is 2.70 bits per heavy atom. The van der Waals surface area contributed by atoms with Crippen LogP contribution in [-0.4, -0.2) is 9.97 Å². The lowest BCUT2D eigenvalue weighted by molar-refractivity contribution is 0.291. The number of nitrogens with one attached hydrogen (secondary N) is 1. The molecule has 1 aromatic heterocycles. The third-order valence-electron chi connectivity index (χ3n) is 2.72. The number of halogens is 1. The van der Waals surface area contributed by atoms with Crippen LogP contribution in [0, 0.1) is 0 Å². The van der Waals surface area contributed by atoms with Crippen molar-refractivity contribution in [2.24, 2.45) is 5.84 Å². The lowest BCUT2D eigenvalue weighted by Crippen LogP contribution is -2.12. The predicted octanol–water partition coefficient (Wildman–Crippen LogP) is 3.23. The molecular weight excluding hydrogens is 320 g/mol. The van der Waals surface area contributed by atoms with Crippen LogP contribution in [0.15, 0.2) is 34.8 Å². The number of hydrogen-bond acceptors (Lipinski definition) is 5. The van der Waals surface area contributed by atoms with E-state index in [2.05, 4.69) is 31.3 Å². The summed E-state index contributed by atoms with van der Waals surface area (Å²) in [7, 11) is 0. The van der Waals surface area contributed by atoms with Crippen LogP contribution in [0.4, 0.5) is 5.82 Å². The summed E-state index contributed by atoms with van der Waals surface area (Å²) in [5.74, 6) is 7.37. The normalized spacial score (nSPS) is 10.7. The number of benzene rings is 1. The second-order valence-electron chi connectivity index (χ2n) is 4.63. The zero-order valence-electron chi connectivity index (χ0n) is 11.4. The van der Waals surface area contributed by atoms with Crippen LogP contribution >= 0.6 is 15.9 Å². The molecule has 0 aliphatic carbocycles. The number of nitrogens with zero attached hydrogens (tertiary/aromatic N) is 2. The molecule has 6 heteroatoms. The van der Waals surface area contributed by atoms with Gasteiger partial charge >= 0.3 is 0 Å². The Bertz CT molecular complexity index is 589. The van der Waals surface area contributed by atoms with Crippen LogP contribution in [0.5, 0.6) is 5.88 Å². The van der Waals surface area contributed by atoms with E-state index in [0.29, 0.717) is 24.1 Å². The third-order valence-corrected chi connectivity index (χ3v) is 3.49. The van der Waals surface area contributed by atoms with Crippen LogP contribution in [0.25, 0.3) is 0 Å². The summed E-state index contributed by atoms with van der Waals surface area (Å²) in [5.41, 5.74) is 3.59. The van der Waals surface area contributed by atoms with E-state index in [9.17, 15) is 0 Å². The van der Waals surface area contributed by atoms with Gasteiger partial charge in [0.25, 0.3) is 0 Å². The number of hydrazine groups is 1. The molecule has 1 aromatic carbocycles. The number of nitrogen functional groups attached to an aromatic ring is 1. The standard InChI is InChI=1S/C14H17BrN4O/c1-9(2)14-17-12(19-16)7-13(18-14)20-8-10-5-3-4-6-11(10)15/h3-7,9H,8,16H2,1-2H3,(H,17,18,19). The minimum atomic E-state index is 0.203. The van der Waals surface area contributed by atoms with E-state index < -0.39 is 0 Å². The fourth-order valence-electron chi connectivity index (χ4n) is 1.62. The summed E-state index contributed by atoms with van der Waals surface area (Å²) < 4.78 is 6.74. The van der Waals surface area contributed by atoms with Crippen molar-refractivity contribution in [3.05, 3.63) is 46.2 Å².